The molecule has 31 heavy (non-hydrogen) atoms. The Balaban J connectivity index is 1.86. The molecule has 1 amide bonds. The number of rotatable bonds is 7. The van der Waals surface area contributed by atoms with Gasteiger partial charge in [-0.15, -0.1) is 0 Å². The van der Waals surface area contributed by atoms with Crippen LogP contribution in [0.15, 0.2) is 48.5 Å². The molecule has 2 aromatic carbocycles. The molecule has 1 aliphatic rings. The third-order valence-electron chi connectivity index (χ3n) is 5.24. The van der Waals surface area contributed by atoms with Crippen molar-refractivity contribution in [2.45, 2.75) is 25.8 Å². The lowest BCUT2D eigenvalue weighted by Gasteiger charge is -2.35. The van der Waals surface area contributed by atoms with Crippen LogP contribution in [0.5, 0.6) is 5.75 Å². The lowest BCUT2D eigenvalue weighted by atomic mass is 9.85. The minimum Gasteiger partial charge on any atom is -0.497 e. The average molecular weight is 422 g/mol. The topological polar surface area (TPSA) is 70.7 Å². The summed E-state index contributed by atoms with van der Waals surface area (Å²) in [4.78, 5) is 27.5. The van der Waals surface area contributed by atoms with Crippen molar-refractivity contribution in [1.29, 1.82) is 0 Å². The van der Waals surface area contributed by atoms with Crippen LogP contribution in [0.3, 0.4) is 0 Å². The maximum absolute atomic E-state index is 13.1. The molecule has 0 saturated carbocycles. The van der Waals surface area contributed by atoms with E-state index in [9.17, 15) is 9.59 Å². The van der Waals surface area contributed by atoms with Gasteiger partial charge in [-0.1, -0.05) is 18.2 Å². The zero-order valence-electron chi connectivity index (χ0n) is 18.9. The van der Waals surface area contributed by atoms with Gasteiger partial charge in [-0.3, -0.25) is 9.59 Å². The Morgan fingerprint density at radius 3 is 2.61 bits per heavy atom. The summed E-state index contributed by atoms with van der Waals surface area (Å²) in [5.41, 5.74) is 3.66. The molecule has 1 heterocycles. The van der Waals surface area contributed by atoms with Crippen molar-refractivity contribution in [3.63, 3.8) is 0 Å². The number of amides is 1. The maximum atomic E-state index is 13.1. The summed E-state index contributed by atoms with van der Waals surface area (Å²) >= 11 is 0. The zero-order valence-corrected chi connectivity index (χ0v) is 18.9. The molecule has 1 aliphatic heterocycles. The Labute approximate surface area is 184 Å². The van der Waals surface area contributed by atoms with Crippen LogP contribution in [0.4, 0.5) is 0 Å². The van der Waals surface area contributed by atoms with Crippen molar-refractivity contribution < 1.29 is 14.3 Å². The Hall–Kier alpha value is -3.12. The minimum absolute atomic E-state index is 0.156. The number of ether oxygens (including phenoxy) is 1. The second-order valence-electron chi connectivity index (χ2n) is 8.77. The largest absolute Gasteiger partial charge is 0.497 e. The van der Waals surface area contributed by atoms with Crippen molar-refractivity contribution >= 4 is 17.4 Å². The van der Waals surface area contributed by atoms with Crippen molar-refractivity contribution in [3.8, 4) is 5.75 Å². The predicted octanol–water partition coefficient (Wildman–Crippen LogP) is 3.13. The van der Waals surface area contributed by atoms with Gasteiger partial charge in [0.05, 0.1) is 7.11 Å². The molecule has 6 heteroatoms. The van der Waals surface area contributed by atoms with Gasteiger partial charge in [-0.25, -0.2) is 0 Å². The fourth-order valence-corrected chi connectivity index (χ4v) is 3.68. The molecule has 6 nitrogen and oxygen atoms in total. The normalized spacial score (nSPS) is 15.9. The summed E-state index contributed by atoms with van der Waals surface area (Å²) in [5.74, 6) is 0.406. The number of methoxy groups -OCH3 is 1. The van der Waals surface area contributed by atoms with Gasteiger partial charge in [0.15, 0.2) is 5.78 Å². The summed E-state index contributed by atoms with van der Waals surface area (Å²) in [5, 5.41) is 6.36. The maximum Gasteiger partial charge on any atom is 0.251 e. The van der Waals surface area contributed by atoms with E-state index >= 15 is 0 Å². The van der Waals surface area contributed by atoms with Crippen LogP contribution < -0.4 is 15.4 Å². The van der Waals surface area contributed by atoms with E-state index in [1.54, 1.807) is 37.5 Å². The highest BCUT2D eigenvalue weighted by Crippen LogP contribution is 2.32. The number of carbonyl (C=O) groups excluding carboxylic acids is 2. The van der Waals surface area contributed by atoms with Gasteiger partial charge in [0, 0.05) is 47.1 Å². The Bertz CT molecular complexity index is 1010. The van der Waals surface area contributed by atoms with Crippen molar-refractivity contribution in [1.82, 2.24) is 15.5 Å². The first-order valence-corrected chi connectivity index (χ1v) is 10.4. The molecule has 2 aromatic rings. The van der Waals surface area contributed by atoms with E-state index < -0.39 is 0 Å². The van der Waals surface area contributed by atoms with Crippen LogP contribution >= 0.6 is 0 Å². The number of likely N-dealkylation sites (N-methyl/N-ethyl adjacent to an activating group) is 1. The summed E-state index contributed by atoms with van der Waals surface area (Å²) in [6.45, 7) is 5.51. The first-order valence-electron chi connectivity index (χ1n) is 10.4. The molecule has 3 rings (SSSR count). The van der Waals surface area contributed by atoms with Crippen LogP contribution in [0.2, 0.25) is 0 Å². The van der Waals surface area contributed by atoms with Gasteiger partial charge in [-0.05, 0) is 64.2 Å². The number of hydrogen-bond acceptors (Lipinski definition) is 5. The van der Waals surface area contributed by atoms with Crippen molar-refractivity contribution in [2.24, 2.45) is 0 Å². The van der Waals surface area contributed by atoms with Gasteiger partial charge in [0.2, 0.25) is 0 Å². The van der Waals surface area contributed by atoms with E-state index in [1.807, 2.05) is 37.2 Å². The molecule has 0 bridgehead atoms. The van der Waals surface area contributed by atoms with Crippen LogP contribution in [0.25, 0.3) is 5.70 Å². The van der Waals surface area contributed by atoms with Crippen molar-refractivity contribution in [2.75, 3.05) is 34.3 Å². The van der Waals surface area contributed by atoms with Crippen LogP contribution in [0.1, 0.15) is 45.7 Å². The molecule has 2 N–H and O–H groups in total. The molecule has 0 spiro atoms. The summed E-state index contributed by atoms with van der Waals surface area (Å²) < 4.78 is 5.37. The molecular formula is C25H31N3O3. The predicted molar refractivity (Wildman–Crippen MR) is 124 cm³/mol. The minimum atomic E-state index is -0.184. The number of benzene rings is 2. The number of nitrogens with one attached hydrogen (secondary N) is 2. The van der Waals surface area contributed by atoms with E-state index in [4.69, 9.17) is 4.74 Å². The smallest absolute Gasteiger partial charge is 0.251 e. The number of allylic oxidation sites excluding steroid dienone is 1. The fraction of sp³-hybridized carbons (Fsp3) is 0.360. The first-order chi connectivity index (χ1) is 14.7. The third-order valence-corrected chi connectivity index (χ3v) is 5.24. The van der Waals surface area contributed by atoms with E-state index in [0.29, 0.717) is 17.7 Å². The average Bonchev–Trinajstić information content (AvgIpc) is 2.72. The molecule has 0 atom stereocenters. The molecule has 0 radical (unpaired) electrons. The van der Waals surface area contributed by atoms with Crippen LogP contribution in [0, 0.1) is 0 Å². The number of carbonyl (C=O) groups is 2. The van der Waals surface area contributed by atoms with E-state index in [0.717, 1.165) is 35.5 Å². The van der Waals surface area contributed by atoms with E-state index in [1.165, 1.54) is 0 Å². The number of ketones is 1. The number of fused-ring (bicyclic) bond motifs is 1. The van der Waals surface area contributed by atoms with Gasteiger partial charge >= 0.3 is 0 Å². The van der Waals surface area contributed by atoms with E-state index in [-0.39, 0.29) is 17.2 Å². The Morgan fingerprint density at radius 1 is 1.16 bits per heavy atom. The molecule has 0 fully saturated rings. The standard InChI is InChI=1S/C25H31N3O3/c1-25(2)16-19-9-10-20(31-5)14-21(19)22(27-25)15-23(29)17-7-6-8-18(13-17)24(30)26-11-12-28(3)4/h6-10,13-15,27H,11-12,16H2,1-5H3,(H,26,30). The SMILES string of the molecule is COc1ccc2c(c1)C(=CC(=O)c1cccc(C(=O)NCCN(C)C)c1)NC(C)(C)C2. The Morgan fingerprint density at radius 2 is 1.90 bits per heavy atom. The summed E-state index contributed by atoms with van der Waals surface area (Å²) in [6, 6.07) is 12.8. The number of hydrogen-bond donors (Lipinski definition) is 2. The number of nitrogens with zero attached hydrogens (tertiary/aromatic N) is 1. The lowest BCUT2D eigenvalue weighted by molar-refractivity contribution is 0.0951. The third kappa shape index (κ3) is 5.73. The van der Waals surface area contributed by atoms with Gasteiger partial charge in [0.25, 0.3) is 5.91 Å². The summed E-state index contributed by atoms with van der Waals surface area (Å²) in [6.07, 6.45) is 2.46. The second kappa shape index (κ2) is 9.35. The Kier molecular flexibility index (Phi) is 6.81. The van der Waals surface area contributed by atoms with Gasteiger partial charge in [0.1, 0.15) is 5.75 Å². The highest BCUT2D eigenvalue weighted by molar-refractivity contribution is 6.10. The fourth-order valence-electron chi connectivity index (χ4n) is 3.68. The monoisotopic (exact) mass is 421 g/mol. The summed E-state index contributed by atoms with van der Waals surface area (Å²) in [7, 11) is 5.53. The quantitative estimate of drug-likeness (QED) is 0.531. The second-order valence-corrected chi connectivity index (χ2v) is 8.77. The van der Waals surface area contributed by atoms with E-state index in [2.05, 4.69) is 24.5 Å². The molecule has 0 saturated heterocycles. The van der Waals surface area contributed by atoms with Crippen LogP contribution in [-0.4, -0.2) is 56.4 Å². The lowest BCUT2D eigenvalue weighted by Crippen LogP contribution is -2.43. The molecular weight excluding hydrogens is 390 g/mol. The molecule has 164 valence electrons. The van der Waals surface area contributed by atoms with Gasteiger partial charge in [-0.2, -0.15) is 0 Å². The van der Waals surface area contributed by atoms with Crippen LogP contribution in [-0.2, 0) is 6.42 Å². The highest BCUT2D eigenvalue weighted by Gasteiger charge is 2.28. The first kappa shape index (κ1) is 22.6. The molecule has 0 unspecified atom stereocenters. The van der Waals surface area contributed by atoms with Crippen molar-refractivity contribution in [3.05, 3.63) is 70.8 Å². The zero-order chi connectivity index (χ0) is 22.6. The highest BCUT2D eigenvalue weighted by atomic mass is 16.5. The molecule has 0 aromatic heterocycles. The molecule has 0 aliphatic carbocycles. The van der Waals surface area contributed by atoms with Gasteiger partial charge < -0.3 is 20.3 Å².